The summed E-state index contributed by atoms with van der Waals surface area (Å²) in [6, 6.07) is 2.00. The van der Waals surface area contributed by atoms with Crippen LogP contribution in [0.25, 0.3) is 0 Å². The van der Waals surface area contributed by atoms with E-state index in [2.05, 4.69) is 14.9 Å². The second-order valence-electron chi connectivity index (χ2n) is 5.06. The Bertz CT molecular complexity index is 745. The molecule has 3 rings (SSSR count). The minimum absolute atomic E-state index is 0.00770. The van der Waals surface area contributed by atoms with Gasteiger partial charge in [0.05, 0.1) is 11.4 Å². The van der Waals surface area contributed by atoms with Gasteiger partial charge in [-0.1, -0.05) is 5.16 Å². The molecule has 0 aromatic carbocycles. The monoisotopic (exact) mass is 311 g/mol. The zero-order valence-corrected chi connectivity index (χ0v) is 12.4. The van der Waals surface area contributed by atoms with Gasteiger partial charge < -0.3 is 14.8 Å². The van der Waals surface area contributed by atoms with Gasteiger partial charge in [-0.3, -0.25) is 0 Å². The molecule has 9 heteroatoms. The third-order valence-corrected chi connectivity index (χ3v) is 4.72. The van der Waals surface area contributed by atoms with Crippen molar-refractivity contribution in [1.82, 2.24) is 19.4 Å². The Kier molecular flexibility index (Phi) is 3.56. The van der Waals surface area contributed by atoms with Gasteiger partial charge in [0.1, 0.15) is 0 Å². The van der Waals surface area contributed by atoms with Crippen LogP contribution in [0.15, 0.2) is 21.7 Å². The van der Waals surface area contributed by atoms with Crippen molar-refractivity contribution in [3.63, 3.8) is 0 Å². The molecule has 0 aliphatic heterocycles. The Morgan fingerprint density at radius 3 is 2.86 bits per heavy atom. The molecular weight excluding hydrogens is 294 g/mol. The number of nitrogens with zero attached hydrogens (tertiary/aromatic N) is 3. The molecular formula is C12H17N5O3S. The van der Waals surface area contributed by atoms with Crippen molar-refractivity contribution in [1.29, 1.82) is 0 Å². The van der Waals surface area contributed by atoms with Crippen molar-refractivity contribution in [3.8, 4) is 0 Å². The summed E-state index contributed by atoms with van der Waals surface area (Å²) in [5.74, 6) is 0.700. The van der Waals surface area contributed by atoms with Crippen LogP contribution in [0.2, 0.25) is 0 Å². The number of hydrogen-bond acceptors (Lipinski definition) is 6. The van der Waals surface area contributed by atoms with Crippen LogP contribution in [0.1, 0.15) is 36.3 Å². The molecule has 0 radical (unpaired) electrons. The fourth-order valence-electron chi connectivity index (χ4n) is 2.16. The van der Waals surface area contributed by atoms with Gasteiger partial charge in [0.2, 0.25) is 15.9 Å². The molecule has 21 heavy (non-hydrogen) atoms. The van der Waals surface area contributed by atoms with Crippen molar-refractivity contribution in [2.75, 3.05) is 0 Å². The number of nitrogens with one attached hydrogen (secondary N) is 1. The van der Waals surface area contributed by atoms with Gasteiger partial charge in [-0.2, -0.15) is 4.98 Å². The van der Waals surface area contributed by atoms with Crippen LogP contribution in [0.3, 0.4) is 0 Å². The predicted molar refractivity (Wildman–Crippen MR) is 73.7 cm³/mol. The summed E-state index contributed by atoms with van der Waals surface area (Å²) in [5, 5.41) is 3.65. The van der Waals surface area contributed by atoms with E-state index in [9.17, 15) is 8.42 Å². The lowest BCUT2D eigenvalue weighted by atomic mass is 10.4. The standard InChI is InChI=1S/C12H17N5O3S/c1-8-15-12(16-20-8)6-14-21(18,19)11-4-10(5-13)17(7-11)9-2-3-9/h4,7,9,14H,2-3,5-6,13H2,1H3. The predicted octanol–water partition coefficient (Wildman–Crippen LogP) is 0.452. The highest BCUT2D eigenvalue weighted by molar-refractivity contribution is 7.89. The van der Waals surface area contributed by atoms with Crippen LogP contribution in [0.4, 0.5) is 0 Å². The molecule has 2 aromatic heterocycles. The number of aromatic nitrogens is 3. The fourth-order valence-corrected chi connectivity index (χ4v) is 3.19. The molecule has 1 aliphatic carbocycles. The molecule has 3 N–H and O–H groups in total. The van der Waals surface area contributed by atoms with Gasteiger partial charge in [0.15, 0.2) is 5.82 Å². The first-order chi connectivity index (χ1) is 9.99. The average Bonchev–Trinajstić information content (AvgIpc) is 3.05. The van der Waals surface area contributed by atoms with E-state index in [1.165, 1.54) is 0 Å². The molecule has 1 saturated carbocycles. The van der Waals surface area contributed by atoms with E-state index in [4.69, 9.17) is 10.3 Å². The highest BCUT2D eigenvalue weighted by atomic mass is 32.2. The first-order valence-corrected chi connectivity index (χ1v) is 8.17. The Balaban J connectivity index is 1.77. The van der Waals surface area contributed by atoms with Crippen LogP contribution in [-0.4, -0.2) is 23.1 Å². The van der Waals surface area contributed by atoms with E-state index < -0.39 is 10.0 Å². The summed E-state index contributed by atoms with van der Waals surface area (Å²) < 4.78 is 33.8. The number of rotatable bonds is 6. The van der Waals surface area contributed by atoms with Crippen LogP contribution < -0.4 is 10.5 Å². The Morgan fingerprint density at radius 1 is 1.52 bits per heavy atom. The number of aryl methyl sites for hydroxylation is 1. The van der Waals surface area contributed by atoms with Crippen molar-refractivity contribution in [3.05, 3.63) is 29.7 Å². The third-order valence-electron chi connectivity index (χ3n) is 3.36. The molecule has 0 unspecified atom stereocenters. The number of sulfonamides is 1. The average molecular weight is 311 g/mol. The first kappa shape index (κ1) is 14.2. The number of hydrogen-bond donors (Lipinski definition) is 2. The summed E-state index contributed by atoms with van der Waals surface area (Å²) in [6.07, 6.45) is 3.77. The minimum Gasteiger partial charge on any atom is -0.346 e. The van der Waals surface area contributed by atoms with Gasteiger partial charge in [-0.15, -0.1) is 0 Å². The maximum atomic E-state index is 12.3. The van der Waals surface area contributed by atoms with Crippen molar-refractivity contribution in [2.24, 2.45) is 5.73 Å². The minimum atomic E-state index is -3.61. The van der Waals surface area contributed by atoms with Gasteiger partial charge >= 0.3 is 0 Å². The highest BCUT2D eigenvalue weighted by Gasteiger charge is 2.27. The first-order valence-electron chi connectivity index (χ1n) is 6.69. The van der Waals surface area contributed by atoms with Crippen LogP contribution in [0, 0.1) is 6.92 Å². The topological polar surface area (TPSA) is 116 Å². The Labute approximate surface area is 122 Å². The maximum absolute atomic E-state index is 12.3. The van der Waals surface area contributed by atoms with E-state index in [0.29, 0.717) is 24.3 Å². The van der Waals surface area contributed by atoms with Crippen LogP contribution >= 0.6 is 0 Å². The molecule has 1 fully saturated rings. The molecule has 0 bridgehead atoms. The van der Waals surface area contributed by atoms with Gasteiger partial charge in [0, 0.05) is 31.4 Å². The molecule has 0 amide bonds. The lowest BCUT2D eigenvalue weighted by molar-refractivity contribution is 0.387. The van der Waals surface area contributed by atoms with Gasteiger partial charge in [-0.25, -0.2) is 13.1 Å². The smallest absolute Gasteiger partial charge is 0.242 e. The van der Waals surface area contributed by atoms with E-state index in [1.807, 2.05) is 4.57 Å². The lowest BCUT2D eigenvalue weighted by Gasteiger charge is -2.03. The molecule has 114 valence electrons. The molecule has 0 saturated heterocycles. The Hall–Kier alpha value is -1.71. The van der Waals surface area contributed by atoms with E-state index in [1.54, 1.807) is 19.2 Å². The van der Waals surface area contributed by atoms with Crippen LogP contribution in [-0.2, 0) is 23.1 Å². The molecule has 8 nitrogen and oxygen atoms in total. The molecule has 0 atom stereocenters. The van der Waals surface area contributed by atoms with E-state index in [0.717, 1.165) is 18.5 Å². The summed E-state index contributed by atoms with van der Waals surface area (Å²) in [5.41, 5.74) is 6.50. The van der Waals surface area contributed by atoms with Gasteiger partial charge in [-0.05, 0) is 18.9 Å². The van der Waals surface area contributed by atoms with E-state index in [-0.39, 0.29) is 11.4 Å². The SMILES string of the molecule is Cc1nc(CNS(=O)(=O)c2cc(CN)n(C3CC3)c2)no1. The molecule has 1 aliphatic rings. The fraction of sp³-hybridized carbons (Fsp3) is 0.500. The zero-order valence-electron chi connectivity index (χ0n) is 11.6. The third kappa shape index (κ3) is 2.99. The second-order valence-corrected chi connectivity index (χ2v) is 6.83. The summed E-state index contributed by atoms with van der Waals surface area (Å²) in [4.78, 5) is 4.17. The quantitative estimate of drug-likeness (QED) is 0.800. The van der Waals surface area contributed by atoms with Crippen molar-refractivity contribution >= 4 is 10.0 Å². The summed E-state index contributed by atoms with van der Waals surface area (Å²) in [6.45, 7) is 1.95. The van der Waals surface area contributed by atoms with Gasteiger partial charge in [0.25, 0.3) is 0 Å². The highest BCUT2D eigenvalue weighted by Crippen LogP contribution is 2.37. The Morgan fingerprint density at radius 2 is 2.29 bits per heavy atom. The normalized spacial score (nSPS) is 15.5. The summed E-state index contributed by atoms with van der Waals surface area (Å²) in [7, 11) is -3.61. The summed E-state index contributed by atoms with van der Waals surface area (Å²) >= 11 is 0. The second kappa shape index (κ2) is 5.24. The lowest BCUT2D eigenvalue weighted by Crippen LogP contribution is -2.23. The molecule has 2 heterocycles. The zero-order chi connectivity index (χ0) is 15.0. The van der Waals surface area contributed by atoms with E-state index >= 15 is 0 Å². The maximum Gasteiger partial charge on any atom is 0.242 e. The molecule has 2 aromatic rings. The van der Waals surface area contributed by atoms with Crippen molar-refractivity contribution in [2.45, 2.75) is 43.8 Å². The largest absolute Gasteiger partial charge is 0.346 e. The van der Waals surface area contributed by atoms with Crippen molar-refractivity contribution < 1.29 is 12.9 Å². The van der Waals surface area contributed by atoms with Crippen LogP contribution in [0.5, 0.6) is 0 Å². The molecule has 0 spiro atoms. The number of nitrogens with two attached hydrogens (primary N) is 1.